The molecule has 0 heterocycles. The zero-order chi connectivity index (χ0) is 16.1. The number of nitrogens with zero attached hydrogens (tertiary/aromatic N) is 1. The van der Waals surface area contributed by atoms with Gasteiger partial charge in [0.2, 0.25) is 0 Å². The summed E-state index contributed by atoms with van der Waals surface area (Å²) in [5.74, 6) is -1.90. The van der Waals surface area contributed by atoms with Crippen LogP contribution >= 0.6 is 5.74 Å². The molecule has 0 aliphatic carbocycles. The van der Waals surface area contributed by atoms with Crippen molar-refractivity contribution >= 4 is 31.9 Å². The van der Waals surface area contributed by atoms with Crippen molar-refractivity contribution in [2.75, 3.05) is 0 Å². The molecule has 0 radical (unpaired) electrons. The molecule has 0 aromatic heterocycles. The first-order chi connectivity index (χ1) is 11.2. The van der Waals surface area contributed by atoms with Gasteiger partial charge in [0.25, 0.3) is 0 Å². The van der Waals surface area contributed by atoms with Crippen molar-refractivity contribution in [3.8, 4) is 0 Å². The predicted molar refractivity (Wildman–Crippen MR) is 102 cm³/mol. The standard InChI is InChI=1S/C20H19NPSe/c1-17(18-11-5-2-6-12-18)21-22(23,19-13-7-3-8-14-19)20-15-9-4-10-16-20/h2-17H,1H3/q-1/t17-/m0/s1. The second-order valence-electron chi connectivity index (χ2n) is 5.45. The summed E-state index contributed by atoms with van der Waals surface area (Å²) in [6.45, 7) is 2.17. The first kappa shape index (κ1) is 16.3. The first-order valence-electron chi connectivity index (χ1n) is 7.69. The van der Waals surface area contributed by atoms with Gasteiger partial charge in [-0.3, -0.25) is 0 Å². The molecule has 0 saturated heterocycles. The Hall–Kier alpha value is -1.59. The van der Waals surface area contributed by atoms with Gasteiger partial charge in [-0.2, -0.15) is 0 Å². The van der Waals surface area contributed by atoms with Crippen LogP contribution in [0.15, 0.2) is 95.7 Å². The molecule has 0 spiro atoms. The summed E-state index contributed by atoms with van der Waals surface area (Å²) in [7, 11) is 0. The number of benzene rings is 3. The third-order valence-electron chi connectivity index (χ3n) is 3.83. The maximum atomic E-state index is 5.27. The monoisotopic (exact) mass is 384 g/mol. The maximum absolute atomic E-state index is 5.27. The Bertz CT molecular complexity index is 757. The molecule has 3 heteroatoms. The normalized spacial score (nSPS) is 12.6. The van der Waals surface area contributed by atoms with Crippen molar-refractivity contribution < 1.29 is 0 Å². The fourth-order valence-corrected chi connectivity index (χ4v) is 7.35. The Labute approximate surface area is 146 Å². The first-order valence-corrected chi connectivity index (χ1v) is 11.6. The average molecular weight is 383 g/mol. The fraction of sp³-hybridized carbons (Fsp3) is 0.100. The molecule has 0 N–H and O–H groups in total. The van der Waals surface area contributed by atoms with E-state index in [9.17, 15) is 0 Å². The SMILES string of the molecule is C[C@H](N=P([Se-])(c1ccccc1)c1ccccc1)c1ccccc1. The van der Waals surface area contributed by atoms with Crippen molar-refractivity contribution in [3.63, 3.8) is 0 Å². The molecule has 0 unspecified atom stereocenters. The fourth-order valence-electron chi connectivity index (χ4n) is 2.58. The molecular formula is C20H19NPSe-. The van der Waals surface area contributed by atoms with Crippen molar-refractivity contribution in [2.24, 2.45) is 4.74 Å². The van der Waals surface area contributed by atoms with Crippen LogP contribution in [0.1, 0.15) is 18.5 Å². The molecule has 3 aromatic carbocycles. The molecule has 23 heavy (non-hydrogen) atoms. The van der Waals surface area contributed by atoms with E-state index >= 15 is 0 Å². The van der Waals surface area contributed by atoms with Crippen molar-refractivity contribution in [1.29, 1.82) is 0 Å². The molecule has 1 atom stereocenters. The summed E-state index contributed by atoms with van der Waals surface area (Å²) in [6.07, 6.45) is 0. The molecule has 0 fully saturated rings. The second kappa shape index (κ2) is 7.32. The molecule has 3 rings (SSSR count). The van der Waals surface area contributed by atoms with E-state index in [-0.39, 0.29) is 6.04 Å². The summed E-state index contributed by atoms with van der Waals surface area (Å²) in [5.41, 5.74) is 1.25. The van der Waals surface area contributed by atoms with E-state index < -0.39 is 5.74 Å². The van der Waals surface area contributed by atoms with Gasteiger partial charge in [0.15, 0.2) is 0 Å². The third kappa shape index (κ3) is 3.67. The van der Waals surface area contributed by atoms with Crippen LogP contribution in [-0.2, 0) is 0 Å². The summed E-state index contributed by atoms with van der Waals surface area (Å²) in [4.78, 5) is 0. The third-order valence-corrected chi connectivity index (χ3v) is 9.75. The average Bonchev–Trinajstić information content (AvgIpc) is 2.64. The Kier molecular flexibility index (Phi) is 5.18. The molecule has 3 aromatic rings. The number of hydrogen-bond acceptors (Lipinski definition) is 1. The van der Waals surface area contributed by atoms with Crippen molar-refractivity contribution in [2.45, 2.75) is 13.0 Å². The van der Waals surface area contributed by atoms with Crippen LogP contribution in [0, 0.1) is 0 Å². The Balaban J connectivity index is 2.15. The molecule has 0 aliphatic heterocycles. The van der Waals surface area contributed by atoms with E-state index in [1.807, 2.05) is 6.07 Å². The predicted octanol–water partition coefficient (Wildman–Crippen LogP) is 4.68. The van der Waals surface area contributed by atoms with Gasteiger partial charge in [0, 0.05) is 0 Å². The molecule has 0 saturated carbocycles. The van der Waals surface area contributed by atoms with Gasteiger partial charge in [0.1, 0.15) is 0 Å². The van der Waals surface area contributed by atoms with E-state index in [1.54, 1.807) is 0 Å². The van der Waals surface area contributed by atoms with Crippen LogP contribution < -0.4 is 10.6 Å². The van der Waals surface area contributed by atoms with E-state index in [1.165, 1.54) is 16.2 Å². The van der Waals surface area contributed by atoms with Crippen molar-refractivity contribution in [1.82, 2.24) is 0 Å². The zero-order valence-corrected chi connectivity index (χ0v) is 15.6. The van der Waals surface area contributed by atoms with Gasteiger partial charge in [-0.05, 0) is 0 Å². The minimum atomic E-state index is -1.90. The van der Waals surface area contributed by atoms with Crippen LogP contribution in [0.25, 0.3) is 0 Å². The minimum absolute atomic E-state index is 0.145. The molecular weight excluding hydrogens is 364 g/mol. The van der Waals surface area contributed by atoms with Gasteiger partial charge in [-0.1, -0.05) is 0 Å². The van der Waals surface area contributed by atoms with Gasteiger partial charge in [-0.25, -0.2) is 0 Å². The quantitative estimate of drug-likeness (QED) is 0.458. The van der Waals surface area contributed by atoms with E-state index in [2.05, 4.69) is 107 Å². The zero-order valence-electron chi connectivity index (χ0n) is 13.0. The van der Waals surface area contributed by atoms with Gasteiger partial charge in [0.05, 0.1) is 0 Å². The van der Waals surface area contributed by atoms with Gasteiger partial charge < -0.3 is 0 Å². The molecule has 0 bridgehead atoms. The van der Waals surface area contributed by atoms with Gasteiger partial charge in [-0.15, -0.1) is 0 Å². The van der Waals surface area contributed by atoms with E-state index in [0.717, 1.165) is 0 Å². The van der Waals surface area contributed by atoms with E-state index in [4.69, 9.17) is 4.74 Å². The molecule has 0 aliphatic rings. The summed E-state index contributed by atoms with van der Waals surface area (Å²) in [5, 5.41) is 2.54. The summed E-state index contributed by atoms with van der Waals surface area (Å²) in [6, 6.07) is 31.8. The van der Waals surface area contributed by atoms with Gasteiger partial charge >= 0.3 is 146 Å². The molecule has 116 valence electrons. The van der Waals surface area contributed by atoms with Crippen LogP contribution in [0.3, 0.4) is 0 Å². The molecule has 0 amide bonds. The molecule has 1 nitrogen and oxygen atoms in total. The van der Waals surface area contributed by atoms with Crippen LogP contribution in [-0.4, -0.2) is 15.6 Å². The van der Waals surface area contributed by atoms with E-state index in [0.29, 0.717) is 0 Å². The summed E-state index contributed by atoms with van der Waals surface area (Å²) >= 11 is 3.47. The number of rotatable bonds is 4. The summed E-state index contributed by atoms with van der Waals surface area (Å²) < 4.78 is 5.27. The topological polar surface area (TPSA) is 12.4 Å². The van der Waals surface area contributed by atoms with Crippen LogP contribution in [0.5, 0.6) is 0 Å². The van der Waals surface area contributed by atoms with Crippen LogP contribution in [0.2, 0.25) is 0 Å². The Morgan fingerprint density at radius 1 is 0.696 bits per heavy atom. The van der Waals surface area contributed by atoms with Crippen molar-refractivity contribution in [3.05, 3.63) is 96.6 Å². The number of hydrogen-bond donors (Lipinski definition) is 0. The Morgan fingerprint density at radius 2 is 1.09 bits per heavy atom. The van der Waals surface area contributed by atoms with Crippen LogP contribution in [0.4, 0.5) is 0 Å². The Morgan fingerprint density at radius 3 is 1.52 bits per heavy atom. The second-order valence-corrected chi connectivity index (χ2v) is 11.2.